The summed E-state index contributed by atoms with van der Waals surface area (Å²) >= 11 is 9.25. The zero-order valence-corrected chi connectivity index (χ0v) is 20.5. The molecule has 0 saturated carbocycles. The Balaban J connectivity index is 1.54. The number of benzene rings is 2. The average Bonchev–Trinajstić information content (AvgIpc) is 3.49. The van der Waals surface area contributed by atoms with E-state index in [9.17, 15) is 4.79 Å². The SMILES string of the molecule is COC(=O)c1ccc(-c2ccc([C@@H]3[C@H](c4ccccn4)NC(=S)N3c3ccc(Br)cc3)o2)cc1. The van der Waals surface area contributed by atoms with E-state index in [4.69, 9.17) is 21.4 Å². The molecule has 6 nitrogen and oxygen atoms in total. The first-order valence-corrected chi connectivity index (χ1v) is 11.8. The molecule has 0 spiro atoms. The summed E-state index contributed by atoms with van der Waals surface area (Å²) in [6.07, 6.45) is 1.77. The number of pyridine rings is 1. The minimum Gasteiger partial charge on any atom is -0.465 e. The van der Waals surface area contributed by atoms with Gasteiger partial charge in [0.05, 0.1) is 24.4 Å². The van der Waals surface area contributed by atoms with Crippen molar-refractivity contribution in [1.29, 1.82) is 0 Å². The highest BCUT2D eigenvalue weighted by Gasteiger charge is 2.42. The van der Waals surface area contributed by atoms with Crippen LogP contribution in [0.2, 0.25) is 0 Å². The van der Waals surface area contributed by atoms with Crippen molar-refractivity contribution in [3.63, 3.8) is 0 Å². The normalized spacial score (nSPS) is 17.5. The summed E-state index contributed by atoms with van der Waals surface area (Å²) in [4.78, 5) is 18.4. The molecule has 0 aliphatic carbocycles. The third kappa shape index (κ3) is 4.22. The van der Waals surface area contributed by atoms with Crippen molar-refractivity contribution in [3.8, 4) is 11.3 Å². The van der Waals surface area contributed by atoms with Gasteiger partial charge in [-0.25, -0.2) is 4.79 Å². The zero-order valence-electron chi connectivity index (χ0n) is 18.1. The fourth-order valence-electron chi connectivity index (χ4n) is 4.08. The fourth-order valence-corrected chi connectivity index (χ4v) is 4.69. The minimum absolute atomic E-state index is 0.196. The molecule has 0 radical (unpaired) electrons. The molecule has 2 atom stereocenters. The van der Waals surface area contributed by atoms with Gasteiger partial charge >= 0.3 is 5.97 Å². The Morgan fingerprint density at radius 3 is 2.50 bits per heavy atom. The third-order valence-electron chi connectivity index (χ3n) is 5.71. The smallest absolute Gasteiger partial charge is 0.337 e. The average molecular weight is 534 g/mol. The van der Waals surface area contributed by atoms with Crippen molar-refractivity contribution >= 4 is 44.9 Å². The predicted molar refractivity (Wildman–Crippen MR) is 138 cm³/mol. The van der Waals surface area contributed by atoms with Gasteiger partial charge in [0.1, 0.15) is 17.6 Å². The van der Waals surface area contributed by atoms with E-state index >= 15 is 0 Å². The van der Waals surface area contributed by atoms with Crippen LogP contribution in [0, 0.1) is 0 Å². The molecule has 1 saturated heterocycles. The molecule has 34 heavy (non-hydrogen) atoms. The molecule has 0 bridgehead atoms. The van der Waals surface area contributed by atoms with Crippen LogP contribution in [0.1, 0.15) is 33.9 Å². The summed E-state index contributed by atoms with van der Waals surface area (Å²) in [5.41, 5.74) is 3.16. The summed E-state index contributed by atoms with van der Waals surface area (Å²) in [7, 11) is 1.37. The summed E-state index contributed by atoms with van der Waals surface area (Å²) in [6, 6.07) is 24.4. The second-order valence-electron chi connectivity index (χ2n) is 7.74. The van der Waals surface area contributed by atoms with Gasteiger partial charge in [-0.05, 0) is 72.9 Å². The molecule has 0 amide bonds. The predicted octanol–water partition coefficient (Wildman–Crippen LogP) is 6.07. The number of esters is 1. The van der Waals surface area contributed by atoms with Gasteiger partial charge in [0, 0.05) is 21.9 Å². The maximum absolute atomic E-state index is 11.8. The Hall–Kier alpha value is -3.49. The summed E-state index contributed by atoms with van der Waals surface area (Å²) in [5.74, 6) is 1.07. The number of thiocarbonyl (C=S) groups is 1. The first-order valence-electron chi connectivity index (χ1n) is 10.6. The Morgan fingerprint density at radius 2 is 1.82 bits per heavy atom. The van der Waals surface area contributed by atoms with Gasteiger partial charge in [-0.3, -0.25) is 4.98 Å². The van der Waals surface area contributed by atoms with E-state index in [1.807, 2.05) is 66.7 Å². The number of carbonyl (C=O) groups excluding carboxylic acids is 1. The molecule has 4 aromatic rings. The van der Waals surface area contributed by atoms with Crippen molar-refractivity contribution < 1.29 is 13.9 Å². The molecule has 3 heterocycles. The molecule has 1 aliphatic rings. The molecule has 1 aliphatic heterocycles. The molecule has 2 aromatic heterocycles. The number of anilines is 1. The van der Waals surface area contributed by atoms with Crippen molar-refractivity contribution in [3.05, 3.63) is 107 Å². The lowest BCUT2D eigenvalue weighted by molar-refractivity contribution is 0.0600. The van der Waals surface area contributed by atoms with Gasteiger partial charge in [-0.2, -0.15) is 0 Å². The lowest BCUT2D eigenvalue weighted by Gasteiger charge is -2.26. The van der Waals surface area contributed by atoms with Gasteiger partial charge in [-0.1, -0.05) is 34.1 Å². The molecular weight excluding hydrogens is 514 g/mol. The lowest BCUT2D eigenvalue weighted by Crippen LogP contribution is -2.29. The van der Waals surface area contributed by atoms with Gasteiger partial charge < -0.3 is 19.4 Å². The van der Waals surface area contributed by atoms with E-state index in [2.05, 4.69) is 31.1 Å². The quantitative estimate of drug-likeness (QED) is 0.246. The number of halogens is 1. The maximum Gasteiger partial charge on any atom is 0.337 e. The maximum atomic E-state index is 11.8. The number of ether oxygens (including phenoxy) is 1. The molecule has 2 aromatic carbocycles. The van der Waals surface area contributed by atoms with Gasteiger partial charge in [0.15, 0.2) is 5.11 Å². The van der Waals surface area contributed by atoms with Crippen molar-refractivity contribution in [2.24, 2.45) is 0 Å². The van der Waals surface area contributed by atoms with Crippen LogP contribution in [0.3, 0.4) is 0 Å². The molecule has 1 N–H and O–H groups in total. The van der Waals surface area contributed by atoms with Crippen molar-refractivity contribution in [1.82, 2.24) is 10.3 Å². The lowest BCUT2D eigenvalue weighted by atomic mass is 10.0. The van der Waals surface area contributed by atoms with Gasteiger partial charge in [-0.15, -0.1) is 0 Å². The van der Waals surface area contributed by atoms with Crippen LogP contribution in [0.15, 0.2) is 93.9 Å². The Morgan fingerprint density at radius 1 is 1.06 bits per heavy atom. The van der Waals surface area contributed by atoms with Crippen LogP contribution >= 0.6 is 28.1 Å². The number of nitrogens with zero attached hydrogens (tertiary/aromatic N) is 2. The molecule has 5 rings (SSSR count). The zero-order chi connectivity index (χ0) is 23.7. The number of carbonyl (C=O) groups is 1. The number of hydrogen-bond acceptors (Lipinski definition) is 5. The topological polar surface area (TPSA) is 67.6 Å². The summed E-state index contributed by atoms with van der Waals surface area (Å²) in [6.45, 7) is 0. The highest BCUT2D eigenvalue weighted by atomic mass is 79.9. The monoisotopic (exact) mass is 533 g/mol. The van der Waals surface area contributed by atoms with Gasteiger partial charge in [0.25, 0.3) is 0 Å². The van der Waals surface area contributed by atoms with Gasteiger partial charge in [0.2, 0.25) is 0 Å². The molecule has 0 unspecified atom stereocenters. The number of nitrogens with one attached hydrogen (secondary N) is 1. The Kier molecular flexibility index (Phi) is 6.17. The van der Waals surface area contributed by atoms with Crippen LogP contribution in [0.4, 0.5) is 5.69 Å². The Labute approximate surface area is 210 Å². The van der Waals surface area contributed by atoms with Crippen LogP contribution in [-0.4, -0.2) is 23.2 Å². The fraction of sp³-hybridized carbons (Fsp3) is 0.115. The van der Waals surface area contributed by atoms with E-state index in [0.29, 0.717) is 16.4 Å². The molecule has 8 heteroatoms. The van der Waals surface area contributed by atoms with E-state index < -0.39 is 0 Å². The molecule has 170 valence electrons. The number of furan rings is 1. The summed E-state index contributed by atoms with van der Waals surface area (Å²) < 4.78 is 12.1. The second kappa shape index (κ2) is 9.40. The van der Waals surface area contributed by atoms with E-state index in [0.717, 1.165) is 27.2 Å². The van der Waals surface area contributed by atoms with Crippen LogP contribution < -0.4 is 10.2 Å². The highest BCUT2D eigenvalue weighted by molar-refractivity contribution is 9.10. The Bertz CT molecular complexity index is 1320. The second-order valence-corrected chi connectivity index (χ2v) is 9.05. The number of hydrogen-bond donors (Lipinski definition) is 1. The van der Waals surface area contributed by atoms with E-state index in [1.165, 1.54) is 7.11 Å². The van der Waals surface area contributed by atoms with E-state index in [1.54, 1.807) is 18.3 Å². The summed E-state index contributed by atoms with van der Waals surface area (Å²) in [5, 5.41) is 4.03. The number of methoxy groups -OCH3 is 1. The van der Waals surface area contributed by atoms with E-state index in [-0.39, 0.29) is 18.1 Å². The van der Waals surface area contributed by atoms with Crippen molar-refractivity contribution in [2.45, 2.75) is 12.1 Å². The third-order valence-corrected chi connectivity index (χ3v) is 6.55. The largest absolute Gasteiger partial charge is 0.465 e. The van der Waals surface area contributed by atoms with Crippen LogP contribution in [0.25, 0.3) is 11.3 Å². The highest BCUT2D eigenvalue weighted by Crippen LogP contribution is 2.43. The molecule has 1 fully saturated rings. The molecular formula is C26H20BrN3O3S. The van der Waals surface area contributed by atoms with Crippen LogP contribution in [0.5, 0.6) is 0 Å². The van der Waals surface area contributed by atoms with Crippen molar-refractivity contribution in [2.75, 3.05) is 12.0 Å². The number of aromatic nitrogens is 1. The minimum atomic E-state index is -0.374. The standard InChI is InChI=1S/C26H20BrN3O3S/c1-32-25(31)17-7-5-16(6-8-17)21-13-14-22(33-21)24-23(20-4-2-3-15-28-20)29-26(34)30(24)19-11-9-18(27)10-12-19/h2-15,23-24H,1H3,(H,29,34)/t23-,24+/m0/s1. The number of rotatable bonds is 5. The first kappa shape index (κ1) is 22.3. The first-order chi connectivity index (χ1) is 16.5. The van der Waals surface area contributed by atoms with Crippen LogP contribution in [-0.2, 0) is 4.74 Å².